The van der Waals surface area contributed by atoms with E-state index in [1.807, 2.05) is 6.92 Å². The van der Waals surface area contributed by atoms with Crippen LogP contribution in [-0.2, 0) is 34.1 Å². The number of hydrogen-bond donors (Lipinski definition) is 6. The quantitative estimate of drug-likeness (QED) is 0.138. The second-order valence-electron chi connectivity index (χ2n) is 11.9. The van der Waals surface area contributed by atoms with E-state index in [0.29, 0.717) is 38.6 Å². The molecule has 1 aromatic carbocycles. The largest absolute Gasteiger partial charge is 0.368 e. The summed E-state index contributed by atoms with van der Waals surface area (Å²) in [6.45, 7) is 11.2. The number of likely N-dealkylation sites (tertiary alicyclic amines) is 1. The number of aryl methyl sites for hydroxylation is 1. The van der Waals surface area contributed by atoms with Gasteiger partial charge in [-0.25, -0.2) is 5.48 Å². The highest BCUT2D eigenvalue weighted by atomic mass is 32.2. The molecule has 1 heterocycles. The highest BCUT2D eigenvalue weighted by molar-refractivity contribution is 7.85. The van der Waals surface area contributed by atoms with Crippen molar-refractivity contribution in [2.45, 2.75) is 108 Å². The smallest absolute Gasteiger partial charge is 0.294 e. The van der Waals surface area contributed by atoms with Crippen LogP contribution in [0.3, 0.4) is 0 Å². The molecule has 0 saturated carbocycles. The Labute approximate surface area is 254 Å². The van der Waals surface area contributed by atoms with E-state index in [2.05, 4.69) is 10.8 Å². The van der Waals surface area contributed by atoms with Crippen molar-refractivity contribution in [3.05, 3.63) is 29.8 Å². The molecule has 0 radical (unpaired) electrons. The summed E-state index contributed by atoms with van der Waals surface area (Å²) in [6.07, 6.45) is 2.27. The van der Waals surface area contributed by atoms with Crippen LogP contribution in [0.5, 0.6) is 0 Å². The topological polar surface area (TPSA) is 237 Å². The number of nitrogens with one attached hydrogen (secondary N) is 2. The summed E-state index contributed by atoms with van der Waals surface area (Å²) in [7, 11) is -4.02. The van der Waals surface area contributed by atoms with Crippen LogP contribution in [0.4, 0.5) is 0 Å². The predicted octanol–water partition coefficient (Wildman–Crippen LogP) is 0.516. The molecule has 0 bridgehead atoms. The van der Waals surface area contributed by atoms with Crippen molar-refractivity contribution in [1.29, 1.82) is 0 Å². The SMILES string of the molecule is CC(C)[C@H](NC(=O)[C@@H]1CCCN1C(=O)[C@@H](N)CCCC(N)C(=O)NOC(C)(C)C)C(N)=O.Cc1ccc(S(=O)(=O)O)cc1. The van der Waals surface area contributed by atoms with Gasteiger partial charge in [-0.3, -0.25) is 28.6 Å². The first-order chi connectivity index (χ1) is 19.7. The van der Waals surface area contributed by atoms with Gasteiger partial charge in [-0.05, 0) is 77.8 Å². The number of hydrogen-bond acceptors (Lipinski definition) is 9. The molecule has 4 atom stereocenters. The van der Waals surface area contributed by atoms with E-state index in [4.69, 9.17) is 26.6 Å². The van der Waals surface area contributed by atoms with Crippen molar-refractivity contribution in [3.63, 3.8) is 0 Å². The number of hydroxylamine groups is 1. The van der Waals surface area contributed by atoms with Gasteiger partial charge in [0, 0.05) is 6.54 Å². The molecule has 0 spiro atoms. The fourth-order valence-corrected chi connectivity index (χ4v) is 4.61. The van der Waals surface area contributed by atoms with E-state index >= 15 is 0 Å². The number of primary amides is 1. The number of carbonyl (C=O) groups is 4. The maximum atomic E-state index is 12.8. The third-order valence-electron chi connectivity index (χ3n) is 6.57. The van der Waals surface area contributed by atoms with Gasteiger partial charge in [-0.2, -0.15) is 8.42 Å². The van der Waals surface area contributed by atoms with Crippen LogP contribution in [0, 0.1) is 12.8 Å². The first-order valence-corrected chi connectivity index (χ1v) is 15.6. The minimum atomic E-state index is -4.02. The summed E-state index contributed by atoms with van der Waals surface area (Å²) in [4.78, 5) is 55.7. The summed E-state index contributed by atoms with van der Waals surface area (Å²) < 4.78 is 29.6. The molecule has 1 aliphatic rings. The number of rotatable bonds is 12. The zero-order valence-electron chi connectivity index (χ0n) is 25.8. The highest BCUT2D eigenvalue weighted by Gasteiger charge is 2.37. The molecule has 1 aliphatic heterocycles. The highest BCUT2D eigenvalue weighted by Crippen LogP contribution is 2.20. The molecule has 0 aliphatic carbocycles. The standard InChI is InChI=1S/C21H40N6O5.C7H8O3S/c1-12(2)16(17(24)28)25-19(30)15-10-7-11-27(15)20(31)14(23)9-6-8-13(22)18(29)26-32-21(3,4)5;1-6-2-4-7(5-3-6)11(8,9)10/h12-16H,6-11,22-23H2,1-5H3,(H2,24,28)(H,25,30)(H,26,29);2-5H,1H3,(H,8,9,10)/t13?,14-,15-,16-;/m0./s1. The molecule has 1 unspecified atom stereocenters. The Kier molecular flexibility index (Phi) is 14.7. The average Bonchev–Trinajstić information content (AvgIpc) is 3.39. The molecule has 0 aromatic heterocycles. The minimum Gasteiger partial charge on any atom is -0.368 e. The van der Waals surface area contributed by atoms with Gasteiger partial charge in [0.2, 0.25) is 17.7 Å². The first kappa shape index (κ1) is 37.9. The van der Waals surface area contributed by atoms with Gasteiger partial charge < -0.3 is 27.4 Å². The zero-order chi connectivity index (χ0) is 33.1. The van der Waals surface area contributed by atoms with Crippen molar-refractivity contribution >= 4 is 33.7 Å². The van der Waals surface area contributed by atoms with Crippen molar-refractivity contribution in [1.82, 2.24) is 15.7 Å². The zero-order valence-corrected chi connectivity index (χ0v) is 26.6. The van der Waals surface area contributed by atoms with Crippen LogP contribution in [0.25, 0.3) is 0 Å². The van der Waals surface area contributed by atoms with Crippen LogP contribution in [0.15, 0.2) is 29.2 Å². The van der Waals surface area contributed by atoms with Crippen LogP contribution >= 0.6 is 0 Å². The second-order valence-corrected chi connectivity index (χ2v) is 13.4. The number of nitrogens with two attached hydrogens (primary N) is 3. The van der Waals surface area contributed by atoms with Crippen molar-refractivity contribution in [2.24, 2.45) is 23.1 Å². The Morgan fingerprint density at radius 1 is 1.07 bits per heavy atom. The average molecular weight is 629 g/mol. The molecule has 2 rings (SSSR count). The van der Waals surface area contributed by atoms with E-state index < -0.39 is 57.6 Å². The summed E-state index contributed by atoms with van der Waals surface area (Å²) in [5, 5.41) is 2.65. The van der Waals surface area contributed by atoms with E-state index in [-0.39, 0.29) is 16.7 Å². The second kappa shape index (κ2) is 16.7. The number of amides is 4. The lowest BCUT2D eigenvalue weighted by Crippen LogP contribution is -2.55. The molecule has 43 heavy (non-hydrogen) atoms. The van der Waals surface area contributed by atoms with Crippen LogP contribution in [0.1, 0.15) is 72.3 Å². The first-order valence-electron chi connectivity index (χ1n) is 14.2. The van der Waals surface area contributed by atoms with Crippen LogP contribution < -0.4 is 28.0 Å². The molecule has 4 amide bonds. The fourth-order valence-electron chi connectivity index (χ4n) is 4.13. The number of nitrogens with zero attached hydrogens (tertiary/aromatic N) is 1. The van der Waals surface area contributed by atoms with Gasteiger partial charge in [-0.1, -0.05) is 31.5 Å². The lowest BCUT2D eigenvalue weighted by Gasteiger charge is -2.28. The predicted molar refractivity (Wildman–Crippen MR) is 160 cm³/mol. The number of benzene rings is 1. The molecular weight excluding hydrogens is 580 g/mol. The molecule has 1 aromatic rings. The minimum absolute atomic E-state index is 0.0666. The molecule has 244 valence electrons. The van der Waals surface area contributed by atoms with Gasteiger partial charge in [0.05, 0.1) is 22.6 Å². The van der Waals surface area contributed by atoms with Gasteiger partial charge in [-0.15, -0.1) is 0 Å². The maximum absolute atomic E-state index is 12.8. The van der Waals surface area contributed by atoms with Crippen LogP contribution in [-0.4, -0.2) is 77.8 Å². The Morgan fingerprint density at radius 3 is 2.12 bits per heavy atom. The Balaban J connectivity index is 0.000000699. The van der Waals surface area contributed by atoms with Gasteiger partial charge in [0.1, 0.15) is 12.1 Å². The molecule has 15 heteroatoms. The Hall–Kier alpha value is -3.11. The van der Waals surface area contributed by atoms with Gasteiger partial charge in [0.25, 0.3) is 16.0 Å². The third kappa shape index (κ3) is 13.4. The fraction of sp³-hybridized carbons (Fsp3) is 0.643. The molecule has 1 fully saturated rings. The summed E-state index contributed by atoms with van der Waals surface area (Å²) in [6, 6.07) is 2.90. The van der Waals surface area contributed by atoms with E-state index in [0.717, 1.165) is 5.56 Å². The van der Waals surface area contributed by atoms with Crippen molar-refractivity contribution in [2.75, 3.05) is 6.54 Å². The molecular formula is C28H48N6O8S. The van der Waals surface area contributed by atoms with Gasteiger partial charge in [0.15, 0.2) is 0 Å². The lowest BCUT2D eigenvalue weighted by atomic mass is 10.0. The van der Waals surface area contributed by atoms with Crippen molar-refractivity contribution in [3.8, 4) is 0 Å². The molecule has 1 saturated heterocycles. The summed E-state index contributed by atoms with van der Waals surface area (Å²) >= 11 is 0. The normalized spacial score (nSPS) is 17.3. The van der Waals surface area contributed by atoms with Crippen molar-refractivity contribution < 1.29 is 37.0 Å². The Bertz CT molecular complexity index is 1200. The maximum Gasteiger partial charge on any atom is 0.294 e. The van der Waals surface area contributed by atoms with Crippen LogP contribution in [0.2, 0.25) is 0 Å². The summed E-state index contributed by atoms with van der Waals surface area (Å²) in [5.41, 5.74) is 20.1. The monoisotopic (exact) mass is 628 g/mol. The van der Waals surface area contributed by atoms with E-state index in [1.54, 1.807) is 46.8 Å². The molecule has 14 nitrogen and oxygen atoms in total. The molecule has 9 N–H and O–H groups in total. The van der Waals surface area contributed by atoms with E-state index in [1.165, 1.54) is 17.0 Å². The van der Waals surface area contributed by atoms with E-state index in [9.17, 15) is 27.6 Å². The number of carbonyl (C=O) groups excluding carboxylic acids is 4. The van der Waals surface area contributed by atoms with Gasteiger partial charge >= 0.3 is 0 Å². The third-order valence-corrected chi connectivity index (χ3v) is 7.44. The lowest BCUT2D eigenvalue weighted by molar-refractivity contribution is -0.147. The Morgan fingerprint density at radius 2 is 1.63 bits per heavy atom. The summed E-state index contributed by atoms with van der Waals surface area (Å²) in [5.74, 6) is -1.96.